The third-order valence-corrected chi connectivity index (χ3v) is 1.78. The molecule has 0 atom stereocenters. The zero-order chi connectivity index (χ0) is 8.10. The van der Waals surface area contributed by atoms with E-state index in [1.807, 2.05) is 13.0 Å². The summed E-state index contributed by atoms with van der Waals surface area (Å²) in [5.41, 5.74) is 1.21. The lowest BCUT2D eigenvalue weighted by atomic mass is 10.1. The van der Waals surface area contributed by atoms with E-state index >= 15 is 0 Å². The number of hydrogen-bond donors (Lipinski definition) is 1. The summed E-state index contributed by atoms with van der Waals surface area (Å²) in [4.78, 5) is 0. The molecule has 0 unspecified atom stereocenters. The number of aliphatic hydroxyl groups excluding tert-OH is 1. The van der Waals surface area contributed by atoms with Crippen LogP contribution in [0.25, 0.3) is 0 Å². The summed E-state index contributed by atoms with van der Waals surface area (Å²) >= 11 is 0. The first kappa shape index (κ1) is 8.34. The van der Waals surface area contributed by atoms with Crippen molar-refractivity contribution in [2.75, 3.05) is 6.61 Å². The average Bonchev–Trinajstić information content (AvgIpc) is 2.37. The first-order valence-corrected chi connectivity index (χ1v) is 3.98. The van der Waals surface area contributed by atoms with E-state index in [4.69, 9.17) is 9.52 Å². The lowest BCUT2D eigenvalue weighted by molar-refractivity contribution is 0.283. The minimum absolute atomic E-state index is 0.278. The molecule has 0 saturated carbocycles. The van der Waals surface area contributed by atoms with E-state index in [2.05, 4.69) is 0 Å². The first-order valence-electron chi connectivity index (χ1n) is 3.98. The van der Waals surface area contributed by atoms with Crippen molar-refractivity contribution < 1.29 is 9.52 Å². The Morgan fingerprint density at radius 1 is 1.45 bits per heavy atom. The third kappa shape index (κ3) is 2.39. The second kappa shape index (κ2) is 4.19. The van der Waals surface area contributed by atoms with Crippen LogP contribution in [0.15, 0.2) is 16.7 Å². The molecule has 0 fully saturated rings. The van der Waals surface area contributed by atoms with Crippen molar-refractivity contribution in [2.45, 2.75) is 26.2 Å². The molecule has 0 amide bonds. The largest absolute Gasteiger partial charge is 0.469 e. The molecule has 1 aromatic rings. The SMILES string of the molecule is Cc1ccoc1CCCCO. The molecule has 1 heterocycles. The van der Waals surface area contributed by atoms with Crippen LogP contribution >= 0.6 is 0 Å². The highest BCUT2D eigenvalue weighted by atomic mass is 16.3. The van der Waals surface area contributed by atoms with Crippen LogP contribution in [0, 0.1) is 6.92 Å². The molecule has 0 spiro atoms. The highest BCUT2D eigenvalue weighted by Crippen LogP contribution is 2.11. The summed E-state index contributed by atoms with van der Waals surface area (Å²) in [6, 6.07) is 1.97. The Bertz CT molecular complexity index is 203. The summed E-state index contributed by atoms with van der Waals surface area (Å²) in [5.74, 6) is 1.05. The first-order chi connectivity index (χ1) is 5.34. The van der Waals surface area contributed by atoms with Gasteiger partial charge in [0, 0.05) is 13.0 Å². The molecule has 0 radical (unpaired) electrons. The molecule has 0 bridgehead atoms. The molecule has 2 nitrogen and oxygen atoms in total. The van der Waals surface area contributed by atoms with E-state index in [0.717, 1.165) is 25.0 Å². The van der Waals surface area contributed by atoms with E-state index in [0.29, 0.717) is 0 Å². The van der Waals surface area contributed by atoms with Crippen molar-refractivity contribution in [2.24, 2.45) is 0 Å². The molecule has 1 rings (SSSR count). The van der Waals surface area contributed by atoms with Crippen LogP contribution in [0.1, 0.15) is 24.2 Å². The second-order valence-corrected chi connectivity index (χ2v) is 2.71. The third-order valence-electron chi connectivity index (χ3n) is 1.78. The molecule has 2 heteroatoms. The minimum Gasteiger partial charge on any atom is -0.469 e. The Hall–Kier alpha value is -0.760. The fourth-order valence-electron chi connectivity index (χ4n) is 1.06. The number of aryl methyl sites for hydroxylation is 2. The molecule has 0 aliphatic heterocycles. The summed E-state index contributed by atoms with van der Waals surface area (Å²) in [7, 11) is 0. The van der Waals surface area contributed by atoms with E-state index in [9.17, 15) is 0 Å². The maximum atomic E-state index is 8.53. The van der Waals surface area contributed by atoms with Crippen LogP contribution in [0.3, 0.4) is 0 Å². The van der Waals surface area contributed by atoms with Gasteiger partial charge in [-0.05, 0) is 31.4 Å². The van der Waals surface area contributed by atoms with Gasteiger partial charge in [0.2, 0.25) is 0 Å². The smallest absolute Gasteiger partial charge is 0.106 e. The van der Waals surface area contributed by atoms with Crippen LogP contribution < -0.4 is 0 Å². The summed E-state index contributed by atoms with van der Waals surface area (Å²) in [6.45, 7) is 2.32. The van der Waals surface area contributed by atoms with Gasteiger partial charge in [0.25, 0.3) is 0 Å². The lowest BCUT2D eigenvalue weighted by Crippen LogP contribution is -1.88. The average molecular weight is 154 g/mol. The normalized spacial score (nSPS) is 10.4. The van der Waals surface area contributed by atoms with Crippen LogP contribution in [0.4, 0.5) is 0 Å². The molecule has 11 heavy (non-hydrogen) atoms. The van der Waals surface area contributed by atoms with E-state index in [1.54, 1.807) is 6.26 Å². The van der Waals surface area contributed by atoms with Crippen molar-refractivity contribution in [3.05, 3.63) is 23.7 Å². The quantitative estimate of drug-likeness (QED) is 0.672. The zero-order valence-electron chi connectivity index (χ0n) is 6.84. The lowest BCUT2D eigenvalue weighted by Gasteiger charge is -1.96. The van der Waals surface area contributed by atoms with Gasteiger partial charge in [-0.15, -0.1) is 0 Å². The van der Waals surface area contributed by atoms with Gasteiger partial charge >= 0.3 is 0 Å². The van der Waals surface area contributed by atoms with Gasteiger partial charge in [0.05, 0.1) is 6.26 Å². The predicted octanol–water partition coefficient (Wildman–Crippen LogP) is 1.90. The summed E-state index contributed by atoms with van der Waals surface area (Å²) in [5, 5.41) is 8.53. The Morgan fingerprint density at radius 2 is 2.27 bits per heavy atom. The van der Waals surface area contributed by atoms with Crippen molar-refractivity contribution in [3.63, 3.8) is 0 Å². The molecular formula is C9H14O2. The van der Waals surface area contributed by atoms with Crippen LogP contribution in [-0.4, -0.2) is 11.7 Å². The van der Waals surface area contributed by atoms with Gasteiger partial charge in [-0.25, -0.2) is 0 Å². The monoisotopic (exact) mass is 154 g/mol. The second-order valence-electron chi connectivity index (χ2n) is 2.71. The zero-order valence-corrected chi connectivity index (χ0v) is 6.84. The van der Waals surface area contributed by atoms with Gasteiger partial charge in [-0.2, -0.15) is 0 Å². The fourth-order valence-corrected chi connectivity index (χ4v) is 1.06. The van der Waals surface area contributed by atoms with Crippen LogP contribution in [0.2, 0.25) is 0 Å². The topological polar surface area (TPSA) is 33.4 Å². The Balaban J connectivity index is 2.32. The van der Waals surface area contributed by atoms with Gasteiger partial charge in [0.1, 0.15) is 5.76 Å². The number of furan rings is 1. The molecule has 0 aromatic carbocycles. The van der Waals surface area contributed by atoms with Crippen LogP contribution in [-0.2, 0) is 6.42 Å². The highest BCUT2D eigenvalue weighted by molar-refractivity contribution is 5.14. The van der Waals surface area contributed by atoms with Crippen molar-refractivity contribution in [1.82, 2.24) is 0 Å². The number of unbranched alkanes of at least 4 members (excludes halogenated alkanes) is 1. The van der Waals surface area contributed by atoms with Crippen molar-refractivity contribution in [3.8, 4) is 0 Å². The standard InChI is InChI=1S/C9H14O2/c1-8-5-7-11-9(8)4-2-3-6-10/h5,7,10H,2-4,6H2,1H3. The van der Waals surface area contributed by atoms with E-state index in [1.165, 1.54) is 5.56 Å². The Morgan fingerprint density at radius 3 is 2.82 bits per heavy atom. The number of hydrogen-bond acceptors (Lipinski definition) is 2. The maximum Gasteiger partial charge on any atom is 0.106 e. The highest BCUT2D eigenvalue weighted by Gasteiger charge is 1.99. The molecule has 0 saturated heterocycles. The molecule has 62 valence electrons. The van der Waals surface area contributed by atoms with Gasteiger partial charge < -0.3 is 9.52 Å². The van der Waals surface area contributed by atoms with Crippen molar-refractivity contribution >= 4 is 0 Å². The minimum atomic E-state index is 0.278. The Labute approximate surface area is 66.8 Å². The number of rotatable bonds is 4. The molecular weight excluding hydrogens is 140 g/mol. The number of aliphatic hydroxyl groups is 1. The van der Waals surface area contributed by atoms with E-state index < -0.39 is 0 Å². The summed E-state index contributed by atoms with van der Waals surface area (Å²) < 4.78 is 5.23. The van der Waals surface area contributed by atoms with Gasteiger partial charge in [-0.3, -0.25) is 0 Å². The van der Waals surface area contributed by atoms with Gasteiger partial charge in [0.15, 0.2) is 0 Å². The van der Waals surface area contributed by atoms with Crippen molar-refractivity contribution in [1.29, 1.82) is 0 Å². The van der Waals surface area contributed by atoms with Gasteiger partial charge in [-0.1, -0.05) is 0 Å². The molecule has 1 aromatic heterocycles. The molecule has 0 aliphatic carbocycles. The van der Waals surface area contributed by atoms with E-state index in [-0.39, 0.29) is 6.61 Å². The summed E-state index contributed by atoms with van der Waals surface area (Å²) in [6.07, 6.45) is 4.52. The molecule has 0 aliphatic rings. The maximum absolute atomic E-state index is 8.53. The predicted molar refractivity (Wildman–Crippen MR) is 43.5 cm³/mol. The molecule has 1 N–H and O–H groups in total. The Kier molecular flexibility index (Phi) is 3.17. The fraction of sp³-hybridized carbons (Fsp3) is 0.556. The van der Waals surface area contributed by atoms with Crippen LogP contribution in [0.5, 0.6) is 0 Å².